The van der Waals surface area contributed by atoms with Gasteiger partial charge in [-0.15, -0.1) is 0 Å². The Kier molecular flexibility index (Phi) is 4.13. The van der Waals surface area contributed by atoms with Crippen LogP contribution in [0.2, 0.25) is 0 Å². The highest BCUT2D eigenvalue weighted by atomic mass is 16.6. The fraction of sp³-hybridized carbons (Fsp3) is 0.812. The zero-order valence-electron chi connectivity index (χ0n) is 12.3. The standard InChI is InChI=1S/C16H24O4/c1-10(2)5-7-19-16-14-12(6-8-18-14)9-11-3-4-13(17)20-15(11)16/h5,11-12,14-16H,3-4,6-9H2,1-2H3. The number of hydrogen-bond acceptors (Lipinski definition) is 4. The average Bonchev–Trinajstić information content (AvgIpc) is 2.86. The second-order valence-electron chi connectivity index (χ2n) is 6.45. The molecule has 4 nitrogen and oxygen atoms in total. The van der Waals surface area contributed by atoms with E-state index in [2.05, 4.69) is 19.9 Å². The zero-order chi connectivity index (χ0) is 14.1. The Morgan fingerprint density at radius 2 is 2.10 bits per heavy atom. The number of allylic oxidation sites excluding steroid dienone is 1. The molecule has 0 bridgehead atoms. The highest BCUT2D eigenvalue weighted by Gasteiger charge is 2.51. The molecule has 1 saturated carbocycles. The van der Waals surface area contributed by atoms with E-state index in [9.17, 15) is 4.79 Å². The summed E-state index contributed by atoms with van der Waals surface area (Å²) in [5.74, 6) is 0.940. The van der Waals surface area contributed by atoms with Crippen LogP contribution in [-0.4, -0.2) is 37.5 Å². The summed E-state index contributed by atoms with van der Waals surface area (Å²) in [5, 5.41) is 0. The van der Waals surface area contributed by atoms with Gasteiger partial charge >= 0.3 is 5.97 Å². The van der Waals surface area contributed by atoms with E-state index < -0.39 is 0 Å². The van der Waals surface area contributed by atoms with Crippen molar-refractivity contribution in [1.29, 1.82) is 0 Å². The lowest BCUT2D eigenvalue weighted by molar-refractivity contribution is -0.196. The molecule has 3 rings (SSSR count). The molecule has 0 aromatic carbocycles. The first-order valence-corrected chi connectivity index (χ1v) is 7.71. The quantitative estimate of drug-likeness (QED) is 0.588. The van der Waals surface area contributed by atoms with E-state index in [0.717, 1.165) is 25.9 Å². The summed E-state index contributed by atoms with van der Waals surface area (Å²) in [6.07, 6.45) is 5.69. The monoisotopic (exact) mass is 280 g/mol. The Morgan fingerprint density at radius 3 is 2.90 bits per heavy atom. The molecule has 5 atom stereocenters. The molecule has 0 aromatic rings. The normalized spacial score (nSPS) is 39.7. The first-order valence-electron chi connectivity index (χ1n) is 7.71. The first kappa shape index (κ1) is 14.1. The molecule has 5 unspecified atom stereocenters. The lowest BCUT2D eigenvalue weighted by Gasteiger charge is -2.45. The van der Waals surface area contributed by atoms with Gasteiger partial charge in [-0.2, -0.15) is 0 Å². The number of rotatable bonds is 3. The molecule has 0 N–H and O–H groups in total. The van der Waals surface area contributed by atoms with Crippen LogP contribution in [0.5, 0.6) is 0 Å². The average molecular weight is 280 g/mol. The van der Waals surface area contributed by atoms with Crippen molar-refractivity contribution >= 4 is 5.97 Å². The molecule has 3 fully saturated rings. The third kappa shape index (κ3) is 2.77. The van der Waals surface area contributed by atoms with Gasteiger partial charge in [0.25, 0.3) is 0 Å². The third-order valence-corrected chi connectivity index (χ3v) is 4.75. The van der Waals surface area contributed by atoms with Gasteiger partial charge in [0, 0.05) is 13.0 Å². The van der Waals surface area contributed by atoms with Crippen molar-refractivity contribution < 1.29 is 19.0 Å². The summed E-state index contributed by atoms with van der Waals surface area (Å²) in [5.41, 5.74) is 1.24. The second kappa shape index (κ2) is 5.86. The van der Waals surface area contributed by atoms with Crippen molar-refractivity contribution in [2.24, 2.45) is 11.8 Å². The molecule has 2 heterocycles. The number of hydrogen-bond donors (Lipinski definition) is 0. The van der Waals surface area contributed by atoms with Crippen molar-refractivity contribution in [3.05, 3.63) is 11.6 Å². The van der Waals surface area contributed by atoms with Crippen LogP contribution in [0.1, 0.15) is 39.5 Å². The Balaban J connectivity index is 1.73. The maximum atomic E-state index is 11.6. The Labute approximate surface area is 120 Å². The number of ether oxygens (including phenoxy) is 3. The van der Waals surface area contributed by atoms with Gasteiger partial charge in [0.15, 0.2) is 0 Å². The predicted molar refractivity (Wildman–Crippen MR) is 74.2 cm³/mol. The topological polar surface area (TPSA) is 44.8 Å². The largest absolute Gasteiger partial charge is 0.459 e. The van der Waals surface area contributed by atoms with Crippen LogP contribution in [-0.2, 0) is 19.0 Å². The van der Waals surface area contributed by atoms with Gasteiger partial charge in [-0.3, -0.25) is 4.79 Å². The van der Waals surface area contributed by atoms with Crippen LogP contribution in [0, 0.1) is 11.8 Å². The van der Waals surface area contributed by atoms with Crippen molar-refractivity contribution in [2.45, 2.75) is 57.8 Å². The molecule has 20 heavy (non-hydrogen) atoms. The van der Waals surface area contributed by atoms with E-state index in [1.54, 1.807) is 0 Å². The SMILES string of the molecule is CC(C)=CCOC1C2OCCC2CC2CCC(=O)OC21. The fourth-order valence-electron chi connectivity index (χ4n) is 3.72. The summed E-state index contributed by atoms with van der Waals surface area (Å²) < 4.78 is 17.5. The van der Waals surface area contributed by atoms with Gasteiger partial charge in [0.05, 0.1) is 12.7 Å². The molecular formula is C16H24O4. The fourth-order valence-corrected chi connectivity index (χ4v) is 3.72. The molecule has 4 heteroatoms. The van der Waals surface area contributed by atoms with Gasteiger partial charge in [-0.1, -0.05) is 11.6 Å². The number of esters is 1. The molecule has 112 valence electrons. The minimum atomic E-state index is -0.110. The third-order valence-electron chi connectivity index (χ3n) is 4.75. The van der Waals surface area contributed by atoms with E-state index in [1.807, 2.05) is 0 Å². The number of carbonyl (C=O) groups is 1. The van der Waals surface area contributed by atoms with E-state index in [0.29, 0.717) is 24.9 Å². The highest BCUT2D eigenvalue weighted by Crippen LogP contribution is 2.43. The predicted octanol–water partition coefficient (Wildman–Crippen LogP) is 2.47. The maximum Gasteiger partial charge on any atom is 0.306 e. The first-order chi connectivity index (χ1) is 9.65. The minimum Gasteiger partial charge on any atom is -0.459 e. The Morgan fingerprint density at radius 1 is 1.30 bits per heavy atom. The molecule has 2 aliphatic heterocycles. The lowest BCUT2D eigenvalue weighted by atomic mass is 9.73. The highest BCUT2D eigenvalue weighted by molar-refractivity contribution is 5.70. The van der Waals surface area contributed by atoms with Gasteiger partial charge < -0.3 is 14.2 Å². The van der Waals surface area contributed by atoms with Gasteiger partial charge in [0.1, 0.15) is 12.2 Å². The number of fused-ring (bicyclic) bond motifs is 2. The van der Waals surface area contributed by atoms with Crippen molar-refractivity contribution in [1.82, 2.24) is 0 Å². The lowest BCUT2D eigenvalue weighted by Crippen LogP contribution is -2.54. The molecule has 0 aromatic heterocycles. The summed E-state index contributed by atoms with van der Waals surface area (Å²) in [6, 6.07) is 0. The molecule has 0 amide bonds. The minimum absolute atomic E-state index is 0.0847. The summed E-state index contributed by atoms with van der Waals surface area (Å²) in [6.45, 7) is 5.50. The van der Waals surface area contributed by atoms with Crippen LogP contribution in [0.4, 0.5) is 0 Å². The van der Waals surface area contributed by atoms with Crippen molar-refractivity contribution in [3.8, 4) is 0 Å². The van der Waals surface area contributed by atoms with Crippen LogP contribution in [0.15, 0.2) is 11.6 Å². The van der Waals surface area contributed by atoms with Crippen molar-refractivity contribution in [3.63, 3.8) is 0 Å². The summed E-state index contributed by atoms with van der Waals surface area (Å²) in [4.78, 5) is 11.6. The molecule has 3 aliphatic rings. The smallest absolute Gasteiger partial charge is 0.306 e. The van der Waals surface area contributed by atoms with Gasteiger partial charge in [-0.05, 0) is 44.9 Å². The van der Waals surface area contributed by atoms with E-state index in [4.69, 9.17) is 14.2 Å². The van der Waals surface area contributed by atoms with Crippen molar-refractivity contribution in [2.75, 3.05) is 13.2 Å². The molecule has 0 radical (unpaired) electrons. The van der Waals surface area contributed by atoms with Gasteiger partial charge in [0.2, 0.25) is 0 Å². The van der Waals surface area contributed by atoms with Gasteiger partial charge in [-0.25, -0.2) is 0 Å². The number of carbonyl (C=O) groups excluding carboxylic acids is 1. The van der Waals surface area contributed by atoms with E-state index >= 15 is 0 Å². The molecule has 0 spiro atoms. The summed E-state index contributed by atoms with van der Waals surface area (Å²) in [7, 11) is 0. The summed E-state index contributed by atoms with van der Waals surface area (Å²) >= 11 is 0. The van der Waals surface area contributed by atoms with E-state index in [-0.39, 0.29) is 24.3 Å². The Hall–Kier alpha value is -0.870. The molecule has 1 aliphatic carbocycles. The van der Waals surface area contributed by atoms with Crippen LogP contribution in [0.3, 0.4) is 0 Å². The van der Waals surface area contributed by atoms with E-state index in [1.165, 1.54) is 5.57 Å². The second-order valence-corrected chi connectivity index (χ2v) is 6.45. The Bertz CT molecular complexity index is 399. The van der Waals surface area contributed by atoms with Crippen LogP contribution < -0.4 is 0 Å². The molecular weight excluding hydrogens is 256 g/mol. The molecule has 2 saturated heterocycles. The van der Waals surface area contributed by atoms with Crippen LogP contribution >= 0.6 is 0 Å². The van der Waals surface area contributed by atoms with Crippen LogP contribution in [0.25, 0.3) is 0 Å². The zero-order valence-corrected chi connectivity index (χ0v) is 12.3. The maximum absolute atomic E-state index is 11.6.